The molecule has 0 aliphatic heterocycles. The number of hydrogen-bond acceptors (Lipinski definition) is 2. The van der Waals surface area contributed by atoms with Gasteiger partial charge in [-0.1, -0.05) is 12.8 Å². The highest BCUT2D eigenvalue weighted by Crippen LogP contribution is 2.38. The SMILES string of the molecule is O=Cc1ccc(SC2CCCC2)cc1C(F)(F)F. The van der Waals surface area contributed by atoms with Crippen molar-refractivity contribution < 1.29 is 18.0 Å². The summed E-state index contributed by atoms with van der Waals surface area (Å²) in [4.78, 5) is 11.2. The van der Waals surface area contributed by atoms with Crippen LogP contribution in [0.3, 0.4) is 0 Å². The fourth-order valence-corrected chi connectivity index (χ4v) is 3.44. The number of thioether (sulfide) groups is 1. The number of benzene rings is 1. The van der Waals surface area contributed by atoms with Crippen LogP contribution >= 0.6 is 11.8 Å². The molecule has 0 bridgehead atoms. The van der Waals surface area contributed by atoms with E-state index in [1.54, 1.807) is 6.07 Å². The Morgan fingerprint density at radius 2 is 1.89 bits per heavy atom. The molecule has 1 saturated carbocycles. The smallest absolute Gasteiger partial charge is 0.298 e. The third-order valence-electron chi connectivity index (χ3n) is 3.06. The zero-order valence-electron chi connectivity index (χ0n) is 9.67. The van der Waals surface area contributed by atoms with Crippen molar-refractivity contribution >= 4 is 18.0 Å². The normalized spacial score (nSPS) is 17.1. The Morgan fingerprint density at radius 1 is 1.22 bits per heavy atom. The lowest BCUT2D eigenvalue weighted by Crippen LogP contribution is -2.09. The Balaban J connectivity index is 2.24. The van der Waals surface area contributed by atoms with E-state index in [1.807, 2.05) is 0 Å². The van der Waals surface area contributed by atoms with Gasteiger partial charge in [0.1, 0.15) is 0 Å². The third kappa shape index (κ3) is 3.07. The Bertz CT molecular complexity index is 436. The predicted octanol–water partition coefficient (Wildman–Crippen LogP) is 4.55. The maximum Gasteiger partial charge on any atom is 0.417 e. The summed E-state index contributed by atoms with van der Waals surface area (Å²) >= 11 is 1.48. The van der Waals surface area contributed by atoms with Gasteiger partial charge in [0.25, 0.3) is 0 Å². The number of rotatable bonds is 3. The van der Waals surface area contributed by atoms with Gasteiger partial charge in [0, 0.05) is 15.7 Å². The van der Waals surface area contributed by atoms with E-state index < -0.39 is 11.7 Å². The average molecular weight is 274 g/mol. The van der Waals surface area contributed by atoms with Crippen LogP contribution in [0.1, 0.15) is 41.6 Å². The minimum absolute atomic E-state index is 0.257. The first-order valence-corrected chi connectivity index (χ1v) is 6.72. The third-order valence-corrected chi connectivity index (χ3v) is 4.39. The molecule has 1 nitrogen and oxygen atoms in total. The number of hydrogen-bond donors (Lipinski definition) is 0. The van der Waals surface area contributed by atoms with Crippen LogP contribution < -0.4 is 0 Å². The Morgan fingerprint density at radius 3 is 2.44 bits per heavy atom. The van der Waals surface area contributed by atoms with E-state index in [4.69, 9.17) is 0 Å². The number of carbonyl (C=O) groups excluding carboxylic acids is 1. The first-order valence-electron chi connectivity index (χ1n) is 5.84. The van der Waals surface area contributed by atoms with Crippen molar-refractivity contribution in [3.63, 3.8) is 0 Å². The van der Waals surface area contributed by atoms with E-state index in [9.17, 15) is 18.0 Å². The molecule has 2 rings (SSSR count). The van der Waals surface area contributed by atoms with Gasteiger partial charge in [-0.25, -0.2) is 0 Å². The minimum atomic E-state index is -4.47. The number of aldehydes is 1. The van der Waals surface area contributed by atoms with Crippen LogP contribution in [0.4, 0.5) is 13.2 Å². The van der Waals surface area contributed by atoms with Gasteiger partial charge < -0.3 is 0 Å². The fraction of sp³-hybridized carbons (Fsp3) is 0.462. The summed E-state index contributed by atoms with van der Waals surface area (Å²) in [5.74, 6) is 0. The molecule has 1 fully saturated rings. The molecule has 0 radical (unpaired) electrons. The molecule has 1 aromatic carbocycles. The summed E-state index contributed by atoms with van der Waals surface area (Å²) in [6.45, 7) is 0. The number of alkyl halides is 3. The first-order chi connectivity index (χ1) is 8.50. The molecule has 0 amide bonds. The van der Waals surface area contributed by atoms with Crippen LogP contribution in [0.15, 0.2) is 23.1 Å². The Labute approximate surface area is 108 Å². The van der Waals surface area contributed by atoms with Gasteiger partial charge in [-0.2, -0.15) is 13.2 Å². The lowest BCUT2D eigenvalue weighted by atomic mass is 10.1. The lowest BCUT2D eigenvalue weighted by Gasteiger charge is -2.13. The van der Waals surface area contributed by atoms with E-state index >= 15 is 0 Å². The van der Waals surface area contributed by atoms with E-state index in [-0.39, 0.29) is 11.8 Å². The first kappa shape index (κ1) is 13.5. The standard InChI is InChI=1S/C13H13F3OS/c14-13(15,16)12-7-11(6-5-9(12)8-17)18-10-3-1-2-4-10/h5-8,10H,1-4H2. The van der Waals surface area contributed by atoms with Gasteiger partial charge in [0.15, 0.2) is 6.29 Å². The summed E-state index contributed by atoms with van der Waals surface area (Å²) < 4.78 is 38.3. The molecule has 18 heavy (non-hydrogen) atoms. The number of halogens is 3. The topological polar surface area (TPSA) is 17.1 Å². The highest BCUT2D eigenvalue weighted by molar-refractivity contribution is 8.00. The molecule has 0 atom stereocenters. The van der Waals surface area contributed by atoms with Crippen molar-refractivity contribution in [1.29, 1.82) is 0 Å². The molecule has 1 aromatic rings. The summed E-state index contributed by atoms with van der Waals surface area (Å²) in [5, 5.41) is 0.410. The number of carbonyl (C=O) groups is 1. The molecule has 98 valence electrons. The summed E-state index contributed by atoms with van der Waals surface area (Å²) in [7, 11) is 0. The zero-order valence-corrected chi connectivity index (χ0v) is 10.5. The second kappa shape index (κ2) is 5.34. The molecule has 0 aromatic heterocycles. The van der Waals surface area contributed by atoms with Crippen molar-refractivity contribution in [3.05, 3.63) is 29.3 Å². The van der Waals surface area contributed by atoms with Crippen LogP contribution in [0, 0.1) is 0 Å². The average Bonchev–Trinajstić information content (AvgIpc) is 2.80. The second-order valence-corrected chi connectivity index (χ2v) is 5.76. The van der Waals surface area contributed by atoms with E-state index in [1.165, 1.54) is 17.8 Å². The molecular formula is C13H13F3OS. The van der Waals surface area contributed by atoms with Crippen LogP contribution in [0.25, 0.3) is 0 Å². The maximum absolute atomic E-state index is 12.8. The van der Waals surface area contributed by atoms with E-state index in [0.29, 0.717) is 10.1 Å². The molecule has 0 unspecified atom stereocenters. The molecule has 1 aliphatic carbocycles. The van der Waals surface area contributed by atoms with Crippen molar-refractivity contribution in [3.8, 4) is 0 Å². The molecule has 0 heterocycles. The lowest BCUT2D eigenvalue weighted by molar-refractivity contribution is -0.138. The van der Waals surface area contributed by atoms with Gasteiger partial charge >= 0.3 is 6.18 Å². The van der Waals surface area contributed by atoms with Crippen LogP contribution in [-0.2, 0) is 6.18 Å². The minimum Gasteiger partial charge on any atom is -0.298 e. The summed E-state index contributed by atoms with van der Waals surface area (Å²) in [5.41, 5.74) is -1.13. The van der Waals surface area contributed by atoms with Gasteiger partial charge in [-0.15, -0.1) is 11.8 Å². The molecule has 1 aliphatic rings. The van der Waals surface area contributed by atoms with Crippen LogP contribution in [0.2, 0.25) is 0 Å². The quantitative estimate of drug-likeness (QED) is 0.752. The largest absolute Gasteiger partial charge is 0.417 e. The fourth-order valence-electron chi connectivity index (χ4n) is 2.16. The van der Waals surface area contributed by atoms with Crippen molar-refractivity contribution in [2.24, 2.45) is 0 Å². The molecular weight excluding hydrogens is 261 g/mol. The molecule has 5 heteroatoms. The van der Waals surface area contributed by atoms with Gasteiger partial charge in [0.05, 0.1) is 5.56 Å². The van der Waals surface area contributed by atoms with Crippen molar-refractivity contribution in [2.75, 3.05) is 0 Å². The maximum atomic E-state index is 12.8. The van der Waals surface area contributed by atoms with E-state index in [0.717, 1.165) is 31.7 Å². The highest BCUT2D eigenvalue weighted by atomic mass is 32.2. The van der Waals surface area contributed by atoms with Gasteiger partial charge in [-0.05, 0) is 31.0 Å². The Hall–Kier alpha value is -0.970. The molecule has 0 spiro atoms. The summed E-state index contributed by atoms with van der Waals surface area (Å²) in [6, 6.07) is 3.95. The Kier molecular flexibility index (Phi) is 4.00. The van der Waals surface area contributed by atoms with Gasteiger partial charge in [-0.3, -0.25) is 4.79 Å². The zero-order chi connectivity index (χ0) is 13.2. The van der Waals surface area contributed by atoms with E-state index in [2.05, 4.69) is 0 Å². The van der Waals surface area contributed by atoms with Crippen molar-refractivity contribution in [1.82, 2.24) is 0 Å². The van der Waals surface area contributed by atoms with Crippen LogP contribution in [-0.4, -0.2) is 11.5 Å². The second-order valence-electron chi connectivity index (χ2n) is 4.39. The highest BCUT2D eigenvalue weighted by Gasteiger charge is 2.33. The summed E-state index contributed by atoms with van der Waals surface area (Å²) in [6.07, 6.45) is 0.199. The predicted molar refractivity (Wildman–Crippen MR) is 64.9 cm³/mol. The molecule has 0 saturated heterocycles. The monoisotopic (exact) mass is 274 g/mol. The van der Waals surface area contributed by atoms with Gasteiger partial charge in [0.2, 0.25) is 0 Å². The molecule has 0 N–H and O–H groups in total. The van der Waals surface area contributed by atoms with Crippen molar-refractivity contribution in [2.45, 2.75) is 42.0 Å². The van der Waals surface area contributed by atoms with Crippen LogP contribution in [0.5, 0.6) is 0 Å².